The second-order valence-corrected chi connectivity index (χ2v) is 7.86. The van der Waals surface area contributed by atoms with Crippen molar-refractivity contribution in [3.8, 4) is 0 Å². The van der Waals surface area contributed by atoms with Gasteiger partial charge < -0.3 is 9.52 Å². The highest BCUT2D eigenvalue weighted by Gasteiger charge is 2.37. The fourth-order valence-electron chi connectivity index (χ4n) is 3.83. The van der Waals surface area contributed by atoms with Gasteiger partial charge >= 0.3 is 0 Å². The molecule has 2 heterocycles. The smallest absolute Gasteiger partial charge is 0.118 e. The van der Waals surface area contributed by atoms with Crippen LogP contribution < -0.4 is 0 Å². The quantitative estimate of drug-likeness (QED) is 0.798. The summed E-state index contributed by atoms with van der Waals surface area (Å²) in [6.07, 6.45) is 3.81. The van der Waals surface area contributed by atoms with Crippen LogP contribution in [0.1, 0.15) is 60.6 Å². The lowest BCUT2D eigenvalue weighted by Gasteiger charge is -2.21. The molecule has 25 heavy (non-hydrogen) atoms. The van der Waals surface area contributed by atoms with Crippen molar-refractivity contribution in [3.05, 3.63) is 40.6 Å². The van der Waals surface area contributed by atoms with Crippen LogP contribution in [0.3, 0.4) is 0 Å². The number of aryl methyl sites for hydroxylation is 1. The Morgan fingerprint density at radius 1 is 1.28 bits per heavy atom. The molecule has 0 bridgehead atoms. The van der Waals surface area contributed by atoms with Gasteiger partial charge in [-0.2, -0.15) is 5.10 Å². The lowest BCUT2D eigenvalue weighted by molar-refractivity contribution is 0.222. The third-order valence-corrected chi connectivity index (χ3v) is 5.78. The minimum absolute atomic E-state index is 0.127. The van der Waals surface area contributed by atoms with Gasteiger partial charge in [-0.15, -0.1) is 0 Å². The molecular weight excluding hydrogens is 314 g/mol. The average Bonchev–Trinajstić information content (AvgIpc) is 3.49. The summed E-state index contributed by atoms with van der Waals surface area (Å²) in [6.45, 7) is 8.94. The molecule has 2 unspecified atom stereocenters. The number of aliphatic hydroxyl groups is 1. The van der Waals surface area contributed by atoms with Crippen LogP contribution >= 0.6 is 0 Å². The molecule has 2 fully saturated rings. The fourth-order valence-corrected chi connectivity index (χ4v) is 3.83. The Morgan fingerprint density at radius 3 is 2.68 bits per heavy atom. The molecule has 0 radical (unpaired) electrons. The van der Waals surface area contributed by atoms with E-state index in [2.05, 4.69) is 42.9 Å². The standard InChI is InChI=1S/C20H29N3O2/c1-13-10-18(13)20-7-6-17(25-20)11-22(16-4-5-16)12-19-14(2)21-23(8-9-24)15(19)3/h6-7,13,16,18,24H,4-5,8-12H2,1-3H3. The van der Waals surface area contributed by atoms with Crippen molar-refractivity contribution in [1.82, 2.24) is 14.7 Å². The van der Waals surface area contributed by atoms with E-state index >= 15 is 0 Å². The van der Waals surface area contributed by atoms with E-state index in [0.717, 1.165) is 30.5 Å². The Bertz CT molecular complexity index is 744. The summed E-state index contributed by atoms with van der Waals surface area (Å²) in [7, 11) is 0. The summed E-state index contributed by atoms with van der Waals surface area (Å²) in [5.74, 6) is 3.67. The zero-order valence-corrected chi connectivity index (χ0v) is 15.5. The Morgan fingerprint density at radius 2 is 2.04 bits per heavy atom. The molecule has 1 N–H and O–H groups in total. The molecule has 2 aromatic rings. The van der Waals surface area contributed by atoms with Crippen molar-refractivity contribution in [1.29, 1.82) is 0 Å². The van der Waals surface area contributed by atoms with Gasteiger partial charge in [0.1, 0.15) is 11.5 Å². The van der Waals surface area contributed by atoms with Gasteiger partial charge in [0.15, 0.2) is 0 Å². The van der Waals surface area contributed by atoms with Crippen LogP contribution in [-0.2, 0) is 19.6 Å². The van der Waals surface area contributed by atoms with Gasteiger partial charge in [-0.1, -0.05) is 6.92 Å². The maximum atomic E-state index is 9.21. The molecule has 0 aliphatic heterocycles. The highest BCUT2D eigenvalue weighted by Crippen LogP contribution is 2.47. The second-order valence-electron chi connectivity index (χ2n) is 7.86. The molecule has 4 rings (SSSR count). The highest BCUT2D eigenvalue weighted by molar-refractivity contribution is 5.25. The molecule has 2 aromatic heterocycles. The molecule has 0 aromatic carbocycles. The minimum atomic E-state index is 0.127. The van der Waals surface area contributed by atoms with E-state index in [4.69, 9.17) is 4.42 Å². The van der Waals surface area contributed by atoms with Gasteiger partial charge in [0.2, 0.25) is 0 Å². The molecule has 0 spiro atoms. The van der Waals surface area contributed by atoms with Crippen molar-refractivity contribution in [3.63, 3.8) is 0 Å². The maximum Gasteiger partial charge on any atom is 0.118 e. The average molecular weight is 343 g/mol. The number of hydrogen-bond acceptors (Lipinski definition) is 4. The number of rotatable bonds is 8. The molecule has 5 nitrogen and oxygen atoms in total. The van der Waals surface area contributed by atoms with Crippen LogP contribution in [-0.4, -0.2) is 32.4 Å². The van der Waals surface area contributed by atoms with Crippen LogP contribution in [0.25, 0.3) is 0 Å². The van der Waals surface area contributed by atoms with E-state index in [1.165, 1.54) is 36.3 Å². The van der Waals surface area contributed by atoms with Gasteiger partial charge in [0, 0.05) is 29.8 Å². The Balaban J connectivity index is 1.48. The first kappa shape index (κ1) is 16.9. The van der Waals surface area contributed by atoms with Gasteiger partial charge in [-0.3, -0.25) is 9.58 Å². The molecule has 2 aliphatic carbocycles. The SMILES string of the molecule is Cc1nn(CCO)c(C)c1CN(Cc1ccc(C2CC2C)o1)C1CC1. The van der Waals surface area contributed by atoms with Crippen molar-refractivity contribution in [2.45, 2.75) is 71.6 Å². The first-order valence-corrected chi connectivity index (χ1v) is 9.53. The van der Waals surface area contributed by atoms with E-state index < -0.39 is 0 Å². The van der Waals surface area contributed by atoms with Crippen molar-refractivity contribution >= 4 is 0 Å². The summed E-state index contributed by atoms with van der Waals surface area (Å²) in [5.41, 5.74) is 3.54. The van der Waals surface area contributed by atoms with Crippen LogP contribution in [0.15, 0.2) is 16.5 Å². The van der Waals surface area contributed by atoms with Crippen molar-refractivity contribution < 1.29 is 9.52 Å². The Labute approximate surface area is 149 Å². The van der Waals surface area contributed by atoms with E-state index in [1.807, 2.05) is 4.68 Å². The first-order valence-electron chi connectivity index (χ1n) is 9.53. The number of nitrogens with zero attached hydrogens (tertiary/aromatic N) is 3. The van der Waals surface area contributed by atoms with Crippen LogP contribution in [0, 0.1) is 19.8 Å². The summed E-state index contributed by atoms with van der Waals surface area (Å²) < 4.78 is 8.06. The Hall–Kier alpha value is -1.59. The highest BCUT2D eigenvalue weighted by atomic mass is 16.3. The monoisotopic (exact) mass is 343 g/mol. The molecule has 0 saturated heterocycles. The lowest BCUT2D eigenvalue weighted by Crippen LogP contribution is -2.25. The molecule has 2 atom stereocenters. The minimum Gasteiger partial charge on any atom is -0.464 e. The summed E-state index contributed by atoms with van der Waals surface area (Å²) in [5, 5.41) is 13.8. The van der Waals surface area contributed by atoms with Gasteiger partial charge in [-0.25, -0.2) is 0 Å². The molecular formula is C20H29N3O2. The molecule has 0 amide bonds. The number of aromatic nitrogens is 2. The summed E-state index contributed by atoms with van der Waals surface area (Å²) in [4.78, 5) is 2.53. The maximum absolute atomic E-state index is 9.21. The third kappa shape index (κ3) is 3.53. The van der Waals surface area contributed by atoms with Crippen molar-refractivity contribution in [2.75, 3.05) is 6.61 Å². The van der Waals surface area contributed by atoms with Crippen molar-refractivity contribution in [2.24, 2.45) is 5.92 Å². The zero-order valence-electron chi connectivity index (χ0n) is 15.5. The topological polar surface area (TPSA) is 54.4 Å². The fraction of sp³-hybridized carbons (Fsp3) is 0.650. The predicted octanol–water partition coefficient (Wildman–Crippen LogP) is 3.37. The first-order chi connectivity index (χ1) is 12.1. The number of aliphatic hydroxyl groups excluding tert-OH is 1. The predicted molar refractivity (Wildman–Crippen MR) is 96.3 cm³/mol. The second kappa shape index (κ2) is 6.61. The van der Waals surface area contributed by atoms with Gasteiger partial charge in [0.05, 0.1) is 25.4 Å². The molecule has 5 heteroatoms. The van der Waals surface area contributed by atoms with Crippen LogP contribution in [0.2, 0.25) is 0 Å². The normalized spacial score (nSPS) is 22.8. The van der Waals surface area contributed by atoms with Gasteiger partial charge in [-0.05, 0) is 51.2 Å². The number of hydrogen-bond donors (Lipinski definition) is 1. The Kier molecular flexibility index (Phi) is 4.46. The largest absolute Gasteiger partial charge is 0.464 e. The van der Waals surface area contributed by atoms with Gasteiger partial charge in [0.25, 0.3) is 0 Å². The molecule has 136 valence electrons. The van der Waals surface area contributed by atoms with E-state index in [-0.39, 0.29) is 6.61 Å². The van der Waals surface area contributed by atoms with Crippen LogP contribution in [0.4, 0.5) is 0 Å². The molecule has 2 saturated carbocycles. The lowest BCUT2D eigenvalue weighted by atomic mass is 10.1. The van der Waals surface area contributed by atoms with E-state index in [1.54, 1.807) is 0 Å². The third-order valence-electron chi connectivity index (χ3n) is 5.78. The summed E-state index contributed by atoms with van der Waals surface area (Å²) in [6, 6.07) is 4.99. The zero-order chi connectivity index (χ0) is 17.6. The van der Waals surface area contributed by atoms with E-state index in [0.29, 0.717) is 18.5 Å². The summed E-state index contributed by atoms with van der Waals surface area (Å²) >= 11 is 0. The van der Waals surface area contributed by atoms with Crippen LogP contribution in [0.5, 0.6) is 0 Å². The molecule has 2 aliphatic rings. The number of furan rings is 1. The van der Waals surface area contributed by atoms with E-state index in [9.17, 15) is 5.11 Å².